The number of fused-ring (bicyclic) bond motifs is 1. The Balaban J connectivity index is 0.000000853. The van der Waals surface area contributed by atoms with Crippen molar-refractivity contribution in [2.45, 2.75) is 11.8 Å². The molecule has 1 nitrogen and oxygen atoms in total. The molecule has 0 spiro atoms. The van der Waals surface area contributed by atoms with Gasteiger partial charge in [-0.05, 0) is 36.6 Å². The lowest BCUT2D eigenvalue weighted by atomic mass is 9.95. The van der Waals surface area contributed by atoms with E-state index in [2.05, 4.69) is 11.4 Å². The Morgan fingerprint density at radius 2 is 2.07 bits per heavy atom. The van der Waals surface area contributed by atoms with Crippen molar-refractivity contribution in [3.05, 3.63) is 33.8 Å². The number of piperidine rings is 1. The minimum Gasteiger partial charge on any atom is -0.316 e. The summed E-state index contributed by atoms with van der Waals surface area (Å²) in [4.78, 5) is 0. The molecule has 4 heteroatoms. The molecule has 0 amide bonds. The summed E-state index contributed by atoms with van der Waals surface area (Å²) in [6, 6.07) is 6.04. The first-order valence-electron chi connectivity index (χ1n) is 4.89. The van der Waals surface area contributed by atoms with Gasteiger partial charge in [-0.1, -0.05) is 29.3 Å². The molecule has 0 radical (unpaired) electrons. The van der Waals surface area contributed by atoms with Crippen LogP contribution in [0.4, 0.5) is 0 Å². The topological polar surface area (TPSA) is 12.0 Å². The van der Waals surface area contributed by atoms with Crippen molar-refractivity contribution in [3.8, 4) is 0 Å². The molecule has 1 saturated carbocycles. The third-order valence-electron chi connectivity index (χ3n) is 3.56. The Morgan fingerprint density at radius 3 is 2.60 bits per heavy atom. The molecule has 1 N–H and O–H groups in total. The van der Waals surface area contributed by atoms with Gasteiger partial charge in [0.05, 0.1) is 10.0 Å². The molecular weight excluding hydrogens is 252 g/mol. The molecule has 1 saturated heterocycles. The lowest BCUT2D eigenvalue weighted by molar-refractivity contribution is 0.676. The fourth-order valence-electron chi connectivity index (χ4n) is 2.60. The summed E-state index contributed by atoms with van der Waals surface area (Å²) < 4.78 is 0. The van der Waals surface area contributed by atoms with Crippen LogP contribution in [0.25, 0.3) is 0 Å². The van der Waals surface area contributed by atoms with Crippen molar-refractivity contribution in [2.75, 3.05) is 13.1 Å². The normalized spacial score (nSPS) is 32.0. The van der Waals surface area contributed by atoms with Crippen molar-refractivity contribution < 1.29 is 0 Å². The Morgan fingerprint density at radius 1 is 1.27 bits per heavy atom. The van der Waals surface area contributed by atoms with Crippen molar-refractivity contribution >= 4 is 35.6 Å². The second kappa shape index (κ2) is 3.81. The largest absolute Gasteiger partial charge is 0.316 e. The molecule has 3 rings (SSSR count). The van der Waals surface area contributed by atoms with E-state index in [1.54, 1.807) is 0 Å². The number of rotatable bonds is 1. The summed E-state index contributed by atoms with van der Waals surface area (Å²) in [6.07, 6.45) is 1.30. The highest BCUT2D eigenvalue weighted by Gasteiger charge is 2.57. The number of nitrogens with one attached hydrogen (secondary N) is 1. The predicted molar refractivity (Wildman–Crippen MR) is 66.4 cm³/mol. The van der Waals surface area contributed by atoms with E-state index in [0.717, 1.165) is 19.0 Å². The lowest BCUT2D eigenvalue weighted by Gasteiger charge is -2.12. The monoisotopic (exact) mass is 263 g/mol. The summed E-state index contributed by atoms with van der Waals surface area (Å²) in [5.74, 6) is 0.819. The van der Waals surface area contributed by atoms with Gasteiger partial charge in [-0.2, -0.15) is 0 Å². The fourth-order valence-corrected chi connectivity index (χ4v) is 2.89. The molecule has 1 unspecified atom stereocenters. The van der Waals surface area contributed by atoms with Crippen LogP contribution in [0.1, 0.15) is 12.0 Å². The number of hydrogen-bond acceptors (Lipinski definition) is 1. The first-order valence-corrected chi connectivity index (χ1v) is 5.64. The molecule has 1 aromatic rings. The first-order chi connectivity index (χ1) is 6.72. The van der Waals surface area contributed by atoms with E-state index in [9.17, 15) is 0 Å². The van der Waals surface area contributed by atoms with Gasteiger partial charge in [0.15, 0.2) is 0 Å². The Labute approximate surface area is 106 Å². The van der Waals surface area contributed by atoms with E-state index in [0.29, 0.717) is 15.5 Å². The standard InChI is InChI=1S/C11H11Cl2N.ClH/c12-9-2-1-7(3-10(9)13)11-4-8(11)5-14-6-11;/h1-3,8,14H,4-6H2;1H/t8?,11-;/m0./s1. The van der Waals surface area contributed by atoms with E-state index in [-0.39, 0.29) is 12.4 Å². The molecule has 1 heterocycles. The van der Waals surface area contributed by atoms with Gasteiger partial charge >= 0.3 is 0 Å². The Hall–Kier alpha value is 0.0500. The number of halogens is 3. The van der Waals surface area contributed by atoms with Crippen LogP contribution >= 0.6 is 35.6 Å². The van der Waals surface area contributed by atoms with Gasteiger partial charge in [0.2, 0.25) is 0 Å². The zero-order chi connectivity index (χ0) is 9.76. The highest BCUT2D eigenvalue weighted by molar-refractivity contribution is 6.42. The van der Waals surface area contributed by atoms with Gasteiger partial charge in [0, 0.05) is 12.0 Å². The van der Waals surface area contributed by atoms with Crippen LogP contribution in [-0.4, -0.2) is 13.1 Å². The second-order valence-corrected chi connectivity index (χ2v) is 5.13. The molecule has 2 fully saturated rings. The molecule has 1 aromatic carbocycles. The Bertz CT molecular complexity index is 393. The molecule has 1 aliphatic heterocycles. The van der Waals surface area contributed by atoms with Gasteiger partial charge in [-0.3, -0.25) is 0 Å². The minimum absolute atomic E-state index is 0. The van der Waals surface area contributed by atoms with Crippen LogP contribution in [-0.2, 0) is 5.41 Å². The summed E-state index contributed by atoms with van der Waals surface area (Å²) in [5.41, 5.74) is 1.73. The lowest BCUT2D eigenvalue weighted by Crippen LogP contribution is -2.19. The molecule has 82 valence electrons. The summed E-state index contributed by atoms with van der Waals surface area (Å²) >= 11 is 11.9. The number of hydrogen-bond donors (Lipinski definition) is 1. The predicted octanol–water partition coefficient (Wildman–Crippen LogP) is 3.28. The van der Waals surface area contributed by atoms with Gasteiger partial charge in [-0.25, -0.2) is 0 Å². The van der Waals surface area contributed by atoms with E-state index in [4.69, 9.17) is 23.2 Å². The fraction of sp³-hybridized carbons (Fsp3) is 0.455. The van der Waals surface area contributed by atoms with E-state index < -0.39 is 0 Å². The van der Waals surface area contributed by atoms with E-state index in [1.807, 2.05) is 12.1 Å². The summed E-state index contributed by atoms with van der Waals surface area (Å²) in [5, 5.41) is 4.74. The maximum atomic E-state index is 6.02. The van der Waals surface area contributed by atoms with Crippen LogP contribution in [0.2, 0.25) is 10.0 Å². The first kappa shape index (κ1) is 11.5. The smallest absolute Gasteiger partial charge is 0.0595 e. The zero-order valence-electron chi connectivity index (χ0n) is 8.09. The van der Waals surface area contributed by atoms with Gasteiger partial charge in [-0.15, -0.1) is 12.4 Å². The second-order valence-electron chi connectivity index (χ2n) is 4.32. The third kappa shape index (κ3) is 1.66. The molecule has 0 bridgehead atoms. The maximum Gasteiger partial charge on any atom is 0.0595 e. The van der Waals surface area contributed by atoms with Crippen LogP contribution in [0, 0.1) is 5.92 Å². The quantitative estimate of drug-likeness (QED) is 0.821. The van der Waals surface area contributed by atoms with E-state index >= 15 is 0 Å². The average Bonchev–Trinajstić information content (AvgIpc) is 2.75. The highest BCUT2D eigenvalue weighted by atomic mass is 35.5. The van der Waals surface area contributed by atoms with E-state index in [1.165, 1.54) is 12.0 Å². The minimum atomic E-state index is 0. The molecule has 2 atom stereocenters. The van der Waals surface area contributed by atoms with Gasteiger partial charge < -0.3 is 5.32 Å². The van der Waals surface area contributed by atoms with Crippen LogP contribution in [0.3, 0.4) is 0 Å². The van der Waals surface area contributed by atoms with Crippen molar-refractivity contribution in [3.63, 3.8) is 0 Å². The van der Waals surface area contributed by atoms with Gasteiger partial charge in [0.25, 0.3) is 0 Å². The highest BCUT2D eigenvalue weighted by Crippen LogP contribution is 2.56. The Kier molecular flexibility index (Phi) is 2.93. The van der Waals surface area contributed by atoms with Crippen molar-refractivity contribution in [1.82, 2.24) is 5.32 Å². The molecule has 0 aromatic heterocycles. The van der Waals surface area contributed by atoms with Crippen LogP contribution in [0.5, 0.6) is 0 Å². The van der Waals surface area contributed by atoms with Crippen molar-refractivity contribution in [1.29, 1.82) is 0 Å². The molecule has 1 aliphatic carbocycles. The third-order valence-corrected chi connectivity index (χ3v) is 4.30. The van der Waals surface area contributed by atoms with Crippen molar-refractivity contribution in [2.24, 2.45) is 5.92 Å². The average molecular weight is 265 g/mol. The zero-order valence-corrected chi connectivity index (χ0v) is 10.4. The number of benzene rings is 1. The molecule has 15 heavy (non-hydrogen) atoms. The molecular formula is C11H12Cl3N. The summed E-state index contributed by atoms with van der Waals surface area (Å²) in [6.45, 7) is 2.25. The molecule has 2 aliphatic rings. The van der Waals surface area contributed by atoms with Crippen LogP contribution in [0.15, 0.2) is 18.2 Å². The summed E-state index contributed by atoms with van der Waals surface area (Å²) in [7, 11) is 0. The van der Waals surface area contributed by atoms with Crippen LogP contribution < -0.4 is 5.32 Å². The SMILES string of the molecule is Cl.Clc1ccc([C@]23CNCC2C3)cc1Cl. The van der Waals surface area contributed by atoms with Gasteiger partial charge in [0.1, 0.15) is 0 Å². The maximum absolute atomic E-state index is 6.02.